The molecule has 0 aliphatic rings. The largest absolute Gasteiger partial charge is 0.456 e. The number of amides is 2. The fourth-order valence-electron chi connectivity index (χ4n) is 2.65. The summed E-state index contributed by atoms with van der Waals surface area (Å²) in [6, 6.07) is 10.9. The molecule has 0 spiro atoms. The molecule has 0 fully saturated rings. The van der Waals surface area contributed by atoms with Crippen LogP contribution in [0.4, 0.5) is 11.4 Å². The molecule has 6 nitrogen and oxygen atoms in total. The van der Waals surface area contributed by atoms with E-state index in [2.05, 4.69) is 10.6 Å². The van der Waals surface area contributed by atoms with E-state index < -0.39 is 11.9 Å². The Hall–Kier alpha value is -2.86. The van der Waals surface area contributed by atoms with E-state index in [-0.39, 0.29) is 25.4 Å². The Balaban J connectivity index is 1.66. The number of nitrogens with one attached hydrogen (secondary N) is 2. The predicted molar refractivity (Wildman–Crippen MR) is 114 cm³/mol. The summed E-state index contributed by atoms with van der Waals surface area (Å²) in [5.41, 5.74) is 4.25. The summed E-state index contributed by atoms with van der Waals surface area (Å²) in [4.78, 5) is 35.7. The molecule has 0 bridgehead atoms. The van der Waals surface area contributed by atoms with Crippen molar-refractivity contribution < 1.29 is 19.1 Å². The summed E-state index contributed by atoms with van der Waals surface area (Å²) in [5, 5.41) is 6.02. The van der Waals surface area contributed by atoms with Gasteiger partial charge in [-0.05, 0) is 56.5 Å². The Morgan fingerprint density at radius 3 is 2.34 bits per heavy atom. The van der Waals surface area contributed by atoms with Crippen molar-refractivity contribution >= 4 is 40.8 Å². The first-order chi connectivity index (χ1) is 13.7. The molecule has 0 heterocycles. The minimum Gasteiger partial charge on any atom is -0.456 e. The van der Waals surface area contributed by atoms with Gasteiger partial charge < -0.3 is 15.4 Å². The molecule has 0 aromatic heterocycles. The number of benzene rings is 2. The lowest BCUT2D eigenvalue weighted by molar-refractivity contribution is -0.147. The highest BCUT2D eigenvalue weighted by Gasteiger charge is 2.11. The fourth-order valence-corrected chi connectivity index (χ4v) is 2.83. The van der Waals surface area contributed by atoms with Crippen LogP contribution in [0.15, 0.2) is 36.4 Å². The first-order valence-corrected chi connectivity index (χ1v) is 9.71. The number of aryl methyl sites for hydroxylation is 3. The minimum absolute atomic E-state index is 0.0545. The van der Waals surface area contributed by atoms with Crippen molar-refractivity contribution in [2.75, 3.05) is 17.2 Å². The van der Waals surface area contributed by atoms with Crippen molar-refractivity contribution in [1.82, 2.24) is 0 Å². The number of ether oxygens (including phenoxy) is 1. The fraction of sp³-hybridized carbons (Fsp3) is 0.318. The lowest BCUT2D eigenvalue weighted by atomic mass is 10.1. The number of halogens is 1. The van der Waals surface area contributed by atoms with Crippen LogP contribution in [0.3, 0.4) is 0 Å². The second-order valence-electron chi connectivity index (χ2n) is 6.89. The summed E-state index contributed by atoms with van der Waals surface area (Å²) in [6.07, 6.45) is 0.539. The van der Waals surface area contributed by atoms with Gasteiger partial charge in [-0.15, -0.1) is 0 Å². The molecule has 7 heteroatoms. The molecule has 2 amide bonds. The van der Waals surface area contributed by atoms with Crippen LogP contribution in [-0.2, 0) is 19.1 Å². The van der Waals surface area contributed by atoms with Crippen molar-refractivity contribution in [2.45, 2.75) is 40.0 Å². The van der Waals surface area contributed by atoms with E-state index in [0.29, 0.717) is 22.8 Å². The molecule has 0 unspecified atom stereocenters. The minimum atomic E-state index is -0.521. The van der Waals surface area contributed by atoms with Crippen LogP contribution in [0.2, 0.25) is 5.02 Å². The number of hydrogen-bond donors (Lipinski definition) is 2. The van der Waals surface area contributed by atoms with Crippen molar-refractivity contribution in [3.05, 3.63) is 58.1 Å². The number of carbonyl (C=O) groups is 3. The monoisotopic (exact) mass is 416 g/mol. The van der Waals surface area contributed by atoms with Gasteiger partial charge in [-0.3, -0.25) is 14.4 Å². The van der Waals surface area contributed by atoms with Gasteiger partial charge in [0.2, 0.25) is 5.91 Å². The van der Waals surface area contributed by atoms with E-state index in [0.717, 1.165) is 16.7 Å². The van der Waals surface area contributed by atoms with Gasteiger partial charge in [0.05, 0.1) is 0 Å². The maximum Gasteiger partial charge on any atom is 0.306 e. The second-order valence-corrected chi connectivity index (χ2v) is 7.30. The molecule has 0 atom stereocenters. The standard InChI is InChI=1S/C22H25ClN2O4/c1-14-7-10-19(16(3)11-14)25-21(27)13-29-22(28)6-4-5-20(26)24-17-9-8-15(2)18(23)12-17/h7-12H,4-6,13H2,1-3H3,(H,24,26)(H,25,27). The number of rotatable bonds is 8. The Morgan fingerprint density at radius 1 is 0.897 bits per heavy atom. The molecule has 0 saturated carbocycles. The van der Waals surface area contributed by atoms with Gasteiger partial charge in [0, 0.05) is 29.2 Å². The van der Waals surface area contributed by atoms with Crippen molar-refractivity contribution in [3.8, 4) is 0 Å². The van der Waals surface area contributed by atoms with Crippen LogP contribution < -0.4 is 10.6 Å². The highest BCUT2D eigenvalue weighted by Crippen LogP contribution is 2.20. The van der Waals surface area contributed by atoms with E-state index in [1.165, 1.54) is 0 Å². The lowest BCUT2D eigenvalue weighted by Crippen LogP contribution is -2.21. The smallest absolute Gasteiger partial charge is 0.306 e. The van der Waals surface area contributed by atoms with Crippen LogP contribution in [0.1, 0.15) is 36.0 Å². The summed E-state index contributed by atoms with van der Waals surface area (Å²) < 4.78 is 4.97. The summed E-state index contributed by atoms with van der Waals surface area (Å²) in [5.74, 6) is -1.14. The van der Waals surface area contributed by atoms with Gasteiger partial charge in [0.15, 0.2) is 6.61 Å². The molecule has 2 aromatic rings. The van der Waals surface area contributed by atoms with E-state index in [4.69, 9.17) is 16.3 Å². The summed E-state index contributed by atoms with van der Waals surface area (Å²) >= 11 is 6.02. The Labute approximate surface area is 175 Å². The third-order valence-electron chi connectivity index (χ3n) is 4.26. The summed E-state index contributed by atoms with van der Waals surface area (Å²) in [6.45, 7) is 5.38. The van der Waals surface area contributed by atoms with Crippen LogP contribution in [0.25, 0.3) is 0 Å². The topological polar surface area (TPSA) is 84.5 Å². The van der Waals surface area contributed by atoms with E-state index in [9.17, 15) is 14.4 Å². The normalized spacial score (nSPS) is 10.3. The maximum atomic E-state index is 11.9. The second kappa shape index (κ2) is 10.6. The van der Waals surface area contributed by atoms with Gasteiger partial charge in [0.1, 0.15) is 0 Å². The van der Waals surface area contributed by atoms with Crippen LogP contribution >= 0.6 is 11.6 Å². The Morgan fingerprint density at radius 2 is 1.66 bits per heavy atom. The van der Waals surface area contributed by atoms with Crippen molar-refractivity contribution in [2.24, 2.45) is 0 Å². The summed E-state index contributed by atoms with van der Waals surface area (Å²) in [7, 11) is 0. The number of carbonyl (C=O) groups excluding carboxylic acids is 3. The molecule has 2 N–H and O–H groups in total. The molecular weight excluding hydrogens is 392 g/mol. The SMILES string of the molecule is Cc1ccc(NC(=O)COC(=O)CCCC(=O)Nc2ccc(C)c(Cl)c2)c(C)c1. The van der Waals surface area contributed by atoms with Crippen molar-refractivity contribution in [1.29, 1.82) is 0 Å². The van der Waals surface area contributed by atoms with E-state index >= 15 is 0 Å². The zero-order valence-electron chi connectivity index (χ0n) is 16.8. The van der Waals surface area contributed by atoms with E-state index in [1.807, 2.05) is 45.0 Å². The van der Waals surface area contributed by atoms with Gasteiger partial charge in [-0.1, -0.05) is 35.4 Å². The van der Waals surface area contributed by atoms with Crippen LogP contribution in [0, 0.1) is 20.8 Å². The maximum absolute atomic E-state index is 11.9. The van der Waals surface area contributed by atoms with Gasteiger partial charge in [0.25, 0.3) is 5.91 Å². The molecule has 0 radical (unpaired) electrons. The Kier molecular flexibility index (Phi) is 8.21. The average molecular weight is 417 g/mol. The first-order valence-electron chi connectivity index (χ1n) is 9.33. The molecular formula is C22H25ClN2O4. The van der Waals surface area contributed by atoms with E-state index in [1.54, 1.807) is 12.1 Å². The quantitative estimate of drug-likeness (QED) is 0.618. The molecule has 2 rings (SSSR count). The molecule has 0 saturated heterocycles. The number of hydrogen-bond acceptors (Lipinski definition) is 4. The Bertz CT molecular complexity index is 912. The molecule has 29 heavy (non-hydrogen) atoms. The third kappa shape index (κ3) is 7.58. The number of anilines is 2. The van der Waals surface area contributed by atoms with Gasteiger partial charge >= 0.3 is 5.97 Å². The number of esters is 1. The van der Waals surface area contributed by atoms with Gasteiger partial charge in [-0.25, -0.2) is 0 Å². The molecule has 154 valence electrons. The zero-order chi connectivity index (χ0) is 21.4. The van der Waals surface area contributed by atoms with Gasteiger partial charge in [-0.2, -0.15) is 0 Å². The average Bonchev–Trinajstić information content (AvgIpc) is 2.65. The molecule has 2 aromatic carbocycles. The first kappa shape index (κ1) is 22.4. The van der Waals surface area contributed by atoms with Crippen molar-refractivity contribution in [3.63, 3.8) is 0 Å². The predicted octanol–water partition coefficient (Wildman–Crippen LogP) is 4.56. The molecule has 0 aliphatic heterocycles. The van der Waals surface area contributed by atoms with Crippen LogP contribution in [0.5, 0.6) is 0 Å². The highest BCUT2D eigenvalue weighted by atomic mass is 35.5. The zero-order valence-corrected chi connectivity index (χ0v) is 17.6. The highest BCUT2D eigenvalue weighted by molar-refractivity contribution is 6.31. The lowest BCUT2D eigenvalue weighted by Gasteiger charge is -2.10. The van der Waals surface area contributed by atoms with Crippen LogP contribution in [-0.4, -0.2) is 24.4 Å². The third-order valence-corrected chi connectivity index (χ3v) is 4.67. The molecule has 0 aliphatic carbocycles.